The molecular formula is C12H9Cl2FO4. The summed E-state index contributed by atoms with van der Waals surface area (Å²) in [6.45, 7) is 2.09. The molecule has 0 bridgehead atoms. The Morgan fingerprint density at radius 2 is 2.00 bits per heavy atom. The van der Waals surface area contributed by atoms with Crippen LogP contribution >= 0.6 is 23.2 Å². The molecule has 0 amide bonds. The SMILES string of the molecule is CCOC=CC(=O)OC(=O)c1cc(F)c(Cl)cc1Cl. The van der Waals surface area contributed by atoms with E-state index < -0.39 is 17.8 Å². The number of ether oxygens (including phenoxy) is 2. The number of benzene rings is 1. The number of rotatable bonds is 4. The maximum atomic E-state index is 13.2. The highest BCUT2D eigenvalue weighted by Crippen LogP contribution is 2.24. The second-order valence-corrected chi connectivity index (χ2v) is 4.03. The van der Waals surface area contributed by atoms with Crippen molar-refractivity contribution in [1.82, 2.24) is 0 Å². The Kier molecular flexibility index (Phi) is 5.79. The Hall–Kier alpha value is -1.59. The molecule has 0 aliphatic carbocycles. The Morgan fingerprint density at radius 1 is 1.32 bits per heavy atom. The van der Waals surface area contributed by atoms with E-state index in [1.165, 1.54) is 0 Å². The van der Waals surface area contributed by atoms with Crippen LogP contribution in [0.2, 0.25) is 10.0 Å². The summed E-state index contributed by atoms with van der Waals surface area (Å²) in [6.07, 6.45) is 2.00. The van der Waals surface area contributed by atoms with Crippen molar-refractivity contribution in [2.24, 2.45) is 0 Å². The zero-order valence-electron chi connectivity index (χ0n) is 9.78. The lowest BCUT2D eigenvalue weighted by Gasteiger charge is -2.04. The van der Waals surface area contributed by atoms with Crippen LogP contribution < -0.4 is 0 Å². The third kappa shape index (κ3) is 4.54. The van der Waals surface area contributed by atoms with Gasteiger partial charge in [0.05, 0.1) is 34.6 Å². The van der Waals surface area contributed by atoms with Gasteiger partial charge in [0.25, 0.3) is 0 Å². The molecule has 4 nitrogen and oxygen atoms in total. The smallest absolute Gasteiger partial charge is 0.347 e. The van der Waals surface area contributed by atoms with E-state index in [1.807, 2.05) is 0 Å². The average molecular weight is 307 g/mol. The average Bonchev–Trinajstić information content (AvgIpc) is 2.34. The molecule has 0 atom stereocenters. The van der Waals surface area contributed by atoms with Crippen molar-refractivity contribution >= 4 is 35.1 Å². The fraction of sp³-hybridized carbons (Fsp3) is 0.167. The summed E-state index contributed by atoms with van der Waals surface area (Å²) >= 11 is 11.2. The van der Waals surface area contributed by atoms with Crippen LogP contribution in [0.4, 0.5) is 4.39 Å². The summed E-state index contributed by atoms with van der Waals surface area (Å²) in [5, 5.41) is -0.345. The topological polar surface area (TPSA) is 52.6 Å². The van der Waals surface area contributed by atoms with Gasteiger partial charge in [-0.05, 0) is 19.1 Å². The van der Waals surface area contributed by atoms with E-state index >= 15 is 0 Å². The lowest BCUT2D eigenvalue weighted by molar-refractivity contribution is -0.132. The quantitative estimate of drug-likeness (QED) is 0.281. The Bertz CT molecular complexity index is 529. The number of hydrogen-bond donors (Lipinski definition) is 0. The van der Waals surface area contributed by atoms with Gasteiger partial charge in [0.1, 0.15) is 5.82 Å². The van der Waals surface area contributed by atoms with Gasteiger partial charge < -0.3 is 9.47 Å². The van der Waals surface area contributed by atoms with E-state index in [4.69, 9.17) is 27.9 Å². The highest BCUT2D eigenvalue weighted by atomic mass is 35.5. The van der Waals surface area contributed by atoms with Crippen molar-refractivity contribution in [2.45, 2.75) is 6.92 Å². The standard InChI is InChI=1S/C12H9Cl2FO4/c1-2-18-4-3-11(16)19-12(17)7-5-10(15)9(14)6-8(7)13/h3-6H,2H2,1H3. The molecule has 102 valence electrons. The number of halogens is 3. The van der Waals surface area contributed by atoms with Crippen LogP contribution in [0.5, 0.6) is 0 Å². The molecule has 0 N–H and O–H groups in total. The van der Waals surface area contributed by atoms with Crippen molar-refractivity contribution in [2.75, 3.05) is 6.61 Å². The molecule has 7 heteroatoms. The van der Waals surface area contributed by atoms with Gasteiger partial charge in [-0.1, -0.05) is 23.2 Å². The predicted octanol–water partition coefficient (Wildman–Crippen LogP) is 3.37. The van der Waals surface area contributed by atoms with Crippen LogP contribution in [0.25, 0.3) is 0 Å². The Labute approximate surface area is 118 Å². The first-order valence-electron chi connectivity index (χ1n) is 5.14. The molecule has 0 aromatic heterocycles. The van der Waals surface area contributed by atoms with E-state index in [2.05, 4.69) is 4.74 Å². The fourth-order valence-corrected chi connectivity index (χ4v) is 1.52. The van der Waals surface area contributed by atoms with Crippen LogP contribution in [-0.2, 0) is 14.3 Å². The molecule has 0 spiro atoms. The largest absolute Gasteiger partial charge is 0.501 e. The number of carbonyl (C=O) groups excluding carboxylic acids is 2. The van der Waals surface area contributed by atoms with E-state index in [1.54, 1.807) is 6.92 Å². The minimum Gasteiger partial charge on any atom is -0.501 e. The summed E-state index contributed by atoms with van der Waals surface area (Å²) in [5.41, 5.74) is -0.290. The number of hydrogen-bond acceptors (Lipinski definition) is 4. The van der Waals surface area contributed by atoms with Crippen LogP contribution in [-0.4, -0.2) is 18.5 Å². The number of carbonyl (C=O) groups is 2. The maximum Gasteiger partial charge on any atom is 0.347 e. The third-order valence-electron chi connectivity index (χ3n) is 1.89. The van der Waals surface area contributed by atoms with E-state index in [-0.39, 0.29) is 15.6 Å². The van der Waals surface area contributed by atoms with Gasteiger partial charge in [-0.2, -0.15) is 0 Å². The first-order valence-corrected chi connectivity index (χ1v) is 5.90. The minimum atomic E-state index is -1.08. The molecule has 1 aromatic rings. The lowest BCUT2D eigenvalue weighted by atomic mass is 10.2. The monoisotopic (exact) mass is 306 g/mol. The highest BCUT2D eigenvalue weighted by Gasteiger charge is 2.17. The molecule has 1 rings (SSSR count). The molecule has 0 saturated heterocycles. The van der Waals surface area contributed by atoms with E-state index in [9.17, 15) is 14.0 Å². The van der Waals surface area contributed by atoms with Gasteiger partial charge in [-0.15, -0.1) is 0 Å². The summed E-state index contributed by atoms with van der Waals surface area (Å²) < 4.78 is 22.4. The van der Waals surface area contributed by atoms with E-state index in [0.29, 0.717) is 6.61 Å². The predicted molar refractivity (Wildman–Crippen MR) is 67.6 cm³/mol. The van der Waals surface area contributed by atoms with Crippen molar-refractivity contribution < 1.29 is 23.5 Å². The summed E-state index contributed by atoms with van der Waals surface area (Å²) in [5.74, 6) is -2.87. The van der Waals surface area contributed by atoms with Gasteiger partial charge in [0, 0.05) is 0 Å². The molecule has 0 fully saturated rings. The number of esters is 2. The summed E-state index contributed by atoms with van der Waals surface area (Å²) in [6, 6.07) is 1.85. The van der Waals surface area contributed by atoms with Crippen LogP contribution in [0.3, 0.4) is 0 Å². The summed E-state index contributed by atoms with van der Waals surface area (Å²) in [7, 11) is 0. The van der Waals surface area contributed by atoms with Crippen molar-refractivity contribution in [3.63, 3.8) is 0 Å². The third-order valence-corrected chi connectivity index (χ3v) is 2.49. The second-order valence-electron chi connectivity index (χ2n) is 3.21. The molecular weight excluding hydrogens is 298 g/mol. The summed E-state index contributed by atoms with van der Waals surface area (Å²) in [4.78, 5) is 22.8. The molecule has 0 unspecified atom stereocenters. The molecule has 0 saturated carbocycles. The van der Waals surface area contributed by atoms with Gasteiger partial charge >= 0.3 is 11.9 Å². The molecule has 0 radical (unpaired) electrons. The van der Waals surface area contributed by atoms with Crippen LogP contribution in [0.1, 0.15) is 17.3 Å². The first kappa shape index (κ1) is 15.5. The van der Waals surface area contributed by atoms with E-state index in [0.717, 1.165) is 24.5 Å². The molecule has 19 heavy (non-hydrogen) atoms. The molecule has 1 aromatic carbocycles. The highest BCUT2D eigenvalue weighted by molar-refractivity contribution is 6.36. The van der Waals surface area contributed by atoms with Crippen molar-refractivity contribution in [3.8, 4) is 0 Å². The normalized spacial score (nSPS) is 10.5. The maximum absolute atomic E-state index is 13.2. The van der Waals surface area contributed by atoms with Crippen LogP contribution in [0, 0.1) is 5.82 Å². The second kappa shape index (κ2) is 7.11. The fourth-order valence-electron chi connectivity index (χ4n) is 1.06. The molecule has 0 aliphatic heterocycles. The minimum absolute atomic E-state index is 0.113. The van der Waals surface area contributed by atoms with Gasteiger partial charge in [0.2, 0.25) is 0 Å². The van der Waals surface area contributed by atoms with Crippen molar-refractivity contribution in [1.29, 1.82) is 0 Å². The lowest BCUT2D eigenvalue weighted by Crippen LogP contribution is -2.11. The Morgan fingerprint density at radius 3 is 2.63 bits per heavy atom. The van der Waals surface area contributed by atoms with Gasteiger partial charge in [-0.3, -0.25) is 0 Å². The molecule has 0 aliphatic rings. The molecule has 0 heterocycles. The zero-order valence-corrected chi connectivity index (χ0v) is 11.3. The van der Waals surface area contributed by atoms with Crippen LogP contribution in [0.15, 0.2) is 24.5 Å². The van der Waals surface area contributed by atoms with Gasteiger partial charge in [-0.25, -0.2) is 14.0 Å². The first-order chi connectivity index (χ1) is 8.95. The van der Waals surface area contributed by atoms with Gasteiger partial charge in [0.15, 0.2) is 0 Å². The Balaban J connectivity index is 2.79. The van der Waals surface area contributed by atoms with Crippen molar-refractivity contribution in [3.05, 3.63) is 45.9 Å². The zero-order chi connectivity index (χ0) is 14.4.